The number of nitro groups is 1. The van der Waals surface area contributed by atoms with Crippen molar-refractivity contribution in [3.63, 3.8) is 0 Å². The van der Waals surface area contributed by atoms with Crippen LogP contribution in [0.25, 0.3) is 0 Å². The molecule has 0 radical (unpaired) electrons. The second-order valence-electron chi connectivity index (χ2n) is 4.55. The number of nitrogens with one attached hydrogen (secondary N) is 2. The summed E-state index contributed by atoms with van der Waals surface area (Å²) in [7, 11) is 0. The van der Waals surface area contributed by atoms with Crippen LogP contribution in [0.15, 0.2) is 18.5 Å². The van der Waals surface area contributed by atoms with Crippen LogP contribution in [0, 0.1) is 17.0 Å². The van der Waals surface area contributed by atoms with Crippen LogP contribution in [-0.2, 0) is 6.42 Å². The Kier molecular flexibility index (Phi) is 4.27. The minimum absolute atomic E-state index is 0.216. The summed E-state index contributed by atoms with van der Waals surface area (Å²) in [6.45, 7) is 3.70. The molecule has 2 aromatic rings. The van der Waals surface area contributed by atoms with Gasteiger partial charge in [0.05, 0.1) is 16.8 Å². The van der Waals surface area contributed by atoms with E-state index in [2.05, 4.69) is 20.5 Å². The number of hydrogen-bond donors (Lipinski definition) is 2. The van der Waals surface area contributed by atoms with Crippen molar-refractivity contribution in [1.82, 2.24) is 15.2 Å². The molecule has 8 heteroatoms. The van der Waals surface area contributed by atoms with Crippen molar-refractivity contribution in [1.29, 1.82) is 0 Å². The molecular formula is C13H15N5O3. The highest BCUT2D eigenvalue weighted by atomic mass is 16.6. The van der Waals surface area contributed by atoms with Gasteiger partial charge in [0.25, 0.3) is 5.91 Å². The average molecular weight is 289 g/mol. The molecule has 0 bridgehead atoms. The monoisotopic (exact) mass is 289 g/mol. The van der Waals surface area contributed by atoms with Crippen molar-refractivity contribution < 1.29 is 9.72 Å². The van der Waals surface area contributed by atoms with Crippen LogP contribution in [0.3, 0.4) is 0 Å². The van der Waals surface area contributed by atoms with Gasteiger partial charge in [-0.25, -0.2) is 0 Å². The van der Waals surface area contributed by atoms with Gasteiger partial charge in [0, 0.05) is 6.20 Å². The smallest absolute Gasteiger partial charge is 0.319 e. The van der Waals surface area contributed by atoms with E-state index in [1.807, 2.05) is 6.92 Å². The Labute approximate surface area is 120 Å². The SMILES string of the molecule is CCCc1[nH]nc(C(=O)Nc2cnccc2C)c1[N+](=O)[O-]. The molecule has 21 heavy (non-hydrogen) atoms. The van der Waals surface area contributed by atoms with E-state index in [9.17, 15) is 14.9 Å². The van der Waals surface area contributed by atoms with Crippen molar-refractivity contribution in [2.24, 2.45) is 0 Å². The highest BCUT2D eigenvalue weighted by molar-refractivity contribution is 6.06. The maximum atomic E-state index is 12.2. The van der Waals surface area contributed by atoms with Crippen LogP contribution >= 0.6 is 0 Å². The molecule has 2 heterocycles. The minimum atomic E-state index is -0.628. The van der Waals surface area contributed by atoms with E-state index in [0.29, 0.717) is 24.2 Å². The van der Waals surface area contributed by atoms with Gasteiger partial charge in [0.2, 0.25) is 5.69 Å². The summed E-state index contributed by atoms with van der Waals surface area (Å²) in [6.07, 6.45) is 4.26. The number of aromatic nitrogens is 3. The highest BCUT2D eigenvalue weighted by Crippen LogP contribution is 2.23. The lowest BCUT2D eigenvalue weighted by Crippen LogP contribution is -2.15. The molecule has 2 rings (SSSR count). The second-order valence-corrected chi connectivity index (χ2v) is 4.55. The molecule has 1 amide bonds. The predicted octanol–water partition coefficient (Wildman–Crippen LogP) is 2.23. The van der Waals surface area contributed by atoms with Gasteiger partial charge in [-0.05, 0) is 25.0 Å². The molecule has 0 aliphatic carbocycles. The number of carbonyl (C=O) groups excluding carboxylic acids is 1. The number of pyridine rings is 1. The summed E-state index contributed by atoms with van der Waals surface area (Å²) in [5.74, 6) is -0.628. The van der Waals surface area contributed by atoms with Gasteiger partial charge < -0.3 is 5.32 Å². The van der Waals surface area contributed by atoms with Crippen LogP contribution in [-0.4, -0.2) is 26.0 Å². The Morgan fingerprint density at radius 3 is 2.90 bits per heavy atom. The van der Waals surface area contributed by atoms with Gasteiger partial charge in [0.15, 0.2) is 0 Å². The zero-order chi connectivity index (χ0) is 15.4. The summed E-state index contributed by atoms with van der Waals surface area (Å²) in [4.78, 5) is 26.7. The van der Waals surface area contributed by atoms with E-state index in [4.69, 9.17) is 0 Å². The molecule has 0 spiro atoms. The lowest BCUT2D eigenvalue weighted by molar-refractivity contribution is -0.385. The van der Waals surface area contributed by atoms with E-state index < -0.39 is 10.8 Å². The summed E-state index contributed by atoms with van der Waals surface area (Å²) >= 11 is 0. The Bertz CT molecular complexity index is 680. The molecule has 0 saturated carbocycles. The van der Waals surface area contributed by atoms with Crippen molar-refractivity contribution in [3.05, 3.63) is 45.5 Å². The van der Waals surface area contributed by atoms with E-state index in [-0.39, 0.29) is 11.4 Å². The number of nitrogens with zero attached hydrogens (tertiary/aromatic N) is 3. The van der Waals surface area contributed by atoms with E-state index in [1.54, 1.807) is 19.2 Å². The topological polar surface area (TPSA) is 114 Å². The van der Waals surface area contributed by atoms with Crippen molar-refractivity contribution in [2.75, 3.05) is 5.32 Å². The predicted molar refractivity (Wildman–Crippen MR) is 76.2 cm³/mol. The molecule has 2 N–H and O–H groups in total. The normalized spacial score (nSPS) is 10.4. The molecule has 8 nitrogen and oxygen atoms in total. The third kappa shape index (κ3) is 3.04. The zero-order valence-electron chi connectivity index (χ0n) is 11.7. The van der Waals surface area contributed by atoms with Crippen LogP contribution in [0.2, 0.25) is 0 Å². The maximum Gasteiger partial charge on any atom is 0.322 e. The van der Waals surface area contributed by atoms with Gasteiger partial charge in [-0.15, -0.1) is 0 Å². The first-order valence-corrected chi connectivity index (χ1v) is 6.48. The maximum absolute atomic E-state index is 12.2. The number of rotatable bonds is 5. The van der Waals surface area contributed by atoms with Gasteiger partial charge in [0.1, 0.15) is 5.69 Å². The molecule has 0 saturated heterocycles. The van der Waals surface area contributed by atoms with E-state index in [0.717, 1.165) is 5.56 Å². The average Bonchev–Trinajstić information content (AvgIpc) is 2.86. The fourth-order valence-electron chi connectivity index (χ4n) is 1.93. The third-order valence-electron chi connectivity index (χ3n) is 3.00. The van der Waals surface area contributed by atoms with Crippen LogP contribution in [0.1, 0.15) is 35.1 Å². The number of amides is 1. The number of aryl methyl sites for hydroxylation is 2. The molecule has 0 aliphatic heterocycles. The number of anilines is 1. The van der Waals surface area contributed by atoms with E-state index >= 15 is 0 Å². The highest BCUT2D eigenvalue weighted by Gasteiger charge is 2.28. The Morgan fingerprint density at radius 2 is 2.29 bits per heavy atom. The second kappa shape index (κ2) is 6.12. The number of carbonyl (C=O) groups is 1. The van der Waals surface area contributed by atoms with E-state index in [1.165, 1.54) is 6.20 Å². The quantitative estimate of drug-likeness (QED) is 0.647. The standard InChI is InChI=1S/C13H15N5O3/c1-3-4-9-12(18(20)21)11(17-16-9)13(19)15-10-7-14-6-5-8(10)2/h5-7H,3-4H2,1-2H3,(H,15,19)(H,16,17). The molecule has 0 aliphatic rings. The Morgan fingerprint density at radius 1 is 1.52 bits per heavy atom. The Hall–Kier alpha value is -2.77. The number of hydrogen-bond acceptors (Lipinski definition) is 5. The largest absolute Gasteiger partial charge is 0.322 e. The zero-order valence-corrected chi connectivity index (χ0v) is 11.7. The molecule has 0 fully saturated rings. The van der Waals surface area contributed by atoms with Gasteiger partial charge in [-0.2, -0.15) is 5.10 Å². The molecule has 0 aromatic carbocycles. The molecule has 0 atom stereocenters. The number of H-pyrrole nitrogens is 1. The lowest BCUT2D eigenvalue weighted by atomic mass is 10.2. The summed E-state index contributed by atoms with van der Waals surface area (Å²) in [5, 5.41) is 20.1. The first-order chi connectivity index (χ1) is 10.0. The summed E-state index contributed by atoms with van der Waals surface area (Å²) in [5.41, 5.74) is 1.18. The summed E-state index contributed by atoms with van der Waals surface area (Å²) < 4.78 is 0. The first-order valence-electron chi connectivity index (χ1n) is 6.48. The summed E-state index contributed by atoms with van der Waals surface area (Å²) in [6, 6.07) is 1.73. The van der Waals surface area contributed by atoms with Gasteiger partial charge in [-0.1, -0.05) is 13.3 Å². The fraction of sp³-hybridized carbons (Fsp3) is 0.308. The Balaban J connectivity index is 2.31. The van der Waals surface area contributed by atoms with Gasteiger partial charge >= 0.3 is 5.69 Å². The number of aromatic amines is 1. The molecular weight excluding hydrogens is 274 g/mol. The fourth-order valence-corrected chi connectivity index (χ4v) is 1.93. The van der Waals surface area contributed by atoms with Crippen molar-refractivity contribution >= 4 is 17.3 Å². The minimum Gasteiger partial charge on any atom is -0.319 e. The molecule has 2 aromatic heterocycles. The molecule has 0 unspecified atom stereocenters. The first kappa shape index (κ1) is 14.6. The van der Waals surface area contributed by atoms with Crippen molar-refractivity contribution in [2.45, 2.75) is 26.7 Å². The van der Waals surface area contributed by atoms with Gasteiger partial charge in [-0.3, -0.25) is 25.0 Å². The van der Waals surface area contributed by atoms with Crippen LogP contribution in [0.5, 0.6) is 0 Å². The lowest BCUT2D eigenvalue weighted by Gasteiger charge is -2.05. The van der Waals surface area contributed by atoms with Crippen LogP contribution < -0.4 is 5.32 Å². The van der Waals surface area contributed by atoms with Crippen LogP contribution in [0.4, 0.5) is 11.4 Å². The third-order valence-corrected chi connectivity index (χ3v) is 3.00. The van der Waals surface area contributed by atoms with Crippen molar-refractivity contribution in [3.8, 4) is 0 Å². The molecule has 110 valence electrons.